The number of unbranched alkanes of at least 4 members (excludes halogenated alkanes) is 15. The molecule has 0 aliphatic heterocycles. The van der Waals surface area contributed by atoms with Gasteiger partial charge in [0.05, 0.1) is 0 Å². The largest absolute Gasteiger partial charge is 0.418 e. The molecule has 0 aromatic carbocycles. The van der Waals surface area contributed by atoms with Gasteiger partial charge in [0, 0.05) is 13.2 Å². The summed E-state index contributed by atoms with van der Waals surface area (Å²) in [5, 5.41) is 0. The average molecular weight is 459 g/mol. The smallest absolute Gasteiger partial charge is 0.186 e. The number of hydrogen-bond acceptors (Lipinski definition) is 2. The van der Waals surface area contributed by atoms with Gasteiger partial charge in [0.1, 0.15) is 0 Å². The van der Waals surface area contributed by atoms with Crippen LogP contribution in [0, 0.1) is 0 Å². The molecule has 182 valence electrons. The predicted molar refractivity (Wildman–Crippen MR) is 142 cm³/mol. The highest BCUT2D eigenvalue weighted by atomic mass is 28.4. The Balaban J connectivity index is 3.20. The zero-order chi connectivity index (χ0) is 22.6. The van der Waals surface area contributed by atoms with E-state index in [1.54, 1.807) is 0 Å². The topological polar surface area (TPSA) is 18.5 Å². The summed E-state index contributed by atoms with van der Waals surface area (Å²) in [7, 11) is -2.65. The molecule has 4 heteroatoms. The van der Waals surface area contributed by atoms with E-state index in [4.69, 9.17) is 8.85 Å². The van der Waals surface area contributed by atoms with Crippen LogP contribution < -0.4 is 0 Å². The molecule has 0 rings (SSSR count). The van der Waals surface area contributed by atoms with Gasteiger partial charge in [0.2, 0.25) is 0 Å². The first kappa shape index (κ1) is 30.4. The molecule has 0 aliphatic rings. The van der Waals surface area contributed by atoms with Crippen molar-refractivity contribution < 1.29 is 8.85 Å². The van der Waals surface area contributed by atoms with Gasteiger partial charge in [0.15, 0.2) is 16.6 Å². The molecule has 0 heterocycles. The molecule has 2 nitrogen and oxygen atoms in total. The minimum Gasteiger partial charge on any atom is -0.418 e. The maximum Gasteiger partial charge on any atom is 0.186 e. The second-order valence-electron chi connectivity index (χ2n) is 10.5. The Morgan fingerprint density at radius 1 is 0.367 bits per heavy atom. The van der Waals surface area contributed by atoms with Crippen molar-refractivity contribution in [1.82, 2.24) is 0 Å². The van der Waals surface area contributed by atoms with Gasteiger partial charge in [-0.1, -0.05) is 103 Å². The molecule has 0 aromatic heterocycles. The lowest BCUT2D eigenvalue weighted by molar-refractivity contribution is 0.327. The lowest BCUT2D eigenvalue weighted by atomic mass is 10.0. The maximum atomic E-state index is 5.91. The highest BCUT2D eigenvalue weighted by Crippen LogP contribution is 2.19. The second kappa shape index (κ2) is 20.0. The third-order valence-corrected chi connectivity index (χ3v) is 11.6. The molecule has 0 radical (unpaired) electrons. The fraction of sp³-hybridized carbons (Fsp3) is 1.00. The van der Waals surface area contributed by atoms with E-state index in [1.165, 1.54) is 115 Å². The third-order valence-electron chi connectivity index (χ3n) is 6.38. The van der Waals surface area contributed by atoms with Gasteiger partial charge >= 0.3 is 0 Å². The quantitative estimate of drug-likeness (QED) is 0.112. The molecule has 0 saturated heterocycles. The molecule has 0 fully saturated rings. The van der Waals surface area contributed by atoms with Crippen molar-refractivity contribution in [2.45, 2.75) is 155 Å². The SMILES string of the molecule is CCO[Si](C)(C)CCCCCCCCCCCCCCCCCC[Si](C)(C)OCC. The first-order chi connectivity index (χ1) is 14.3. The van der Waals surface area contributed by atoms with Crippen molar-refractivity contribution in [3.05, 3.63) is 0 Å². The van der Waals surface area contributed by atoms with Gasteiger partial charge in [-0.25, -0.2) is 0 Å². The van der Waals surface area contributed by atoms with Gasteiger partial charge < -0.3 is 8.85 Å². The van der Waals surface area contributed by atoms with E-state index in [0.717, 1.165) is 13.2 Å². The van der Waals surface area contributed by atoms with Crippen molar-refractivity contribution in [2.75, 3.05) is 13.2 Å². The normalized spacial score (nSPS) is 12.6. The zero-order valence-electron chi connectivity index (χ0n) is 22.0. The Bertz CT molecular complexity index is 325. The fourth-order valence-electron chi connectivity index (χ4n) is 4.50. The van der Waals surface area contributed by atoms with Crippen LogP contribution in [-0.4, -0.2) is 29.8 Å². The van der Waals surface area contributed by atoms with E-state index in [-0.39, 0.29) is 0 Å². The Hall–Kier alpha value is 0.354. The van der Waals surface area contributed by atoms with E-state index in [0.29, 0.717) is 0 Å². The molecule has 30 heavy (non-hydrogen) atoms. The highest BCUT2D eigenvalue weighted by Gasteiger charge is 2.21. The van der Waals surface area contributed by atoms with Crippen LogP contribution in [0.3, 0.4) is 0 Å². The molecular formula is C26H58O2Si2. The summed E-state index contributed by atoms with van der Waals surface area (Å²) in [5.41, 5.74) is 0. The minimum atomic E-state index is -1.33. The third kappa shape index (κ3) is 21.6. The molecule has 0 bridgehead atoms. The highest BCUT2D eigenvalue weighted by molar-refractivity contribution is 6.71. The summed E-state index contributed by atoms with van der Waals surface area (Å²) in [6, 6.07) is 2.68. The minimum absolute atomic E-state index is 0.897. The standard InChI is InChI=1S/C26H58O2Si2/c1-7-27-29(3,4)25-23-21-19-17-15-13-11-9-10-12-14-16-18-20-22-24-26-30(5,6)28-8-2/h7-26H2,1-6H3. The first-order valence-corrected chi connectivity index (χ1v) is 19.8. The average Bonchev–Trinajstić information content (AvgIpc) is 2.66. The molecule has 0 unspecified atom stereocenters. The summed E-state index contributed by atoms with van der Waals surface area (Å²) in [4.78, 5) is 0. The Morgan fingerprint density at radius 2 is 0.567 bits per heavy atom. The van der Waals surface area contributed by atoms with Crippen molar-refractivity contribution in [3.63, 3.8) is 0 Å². The van der Waals surface area contributed by atoms with E-state index >= 15 is 0 Å². The Morgan fingerprint density at radius 3 is 0.767 bits per heavy atom. The van der Waals surface area contributed by atoms with Crippen LogP contribution in [0.4, 0.5) is 0 Å². The number of rotatable bonds is 23. The summed E-state index contributed by atoms with van der Waals surface area (Å²) < 4.78 is 11.8. The fourth-order valence-corrected chi connectivity index (χ4v) is 8.56. The van der Waals surface area contributed by atoms with Gasteiger partial charge in [-0.15, -0.1) is 0 Å². The van der Waals surface area contributed by atoms with E-state index < -0.39 is 16.6 Å². The zero-order valence-corrected chi connectivity index (χ0v) is 24.0. The maximum absolute atomic E-state index is 5.91. The van der Waals surface area contributed by atoms with Gasteiger partial charge in [-0.3, -0.25) is 0 Å². The molecule has 0 N–H and O–H groups in total. The molecule has 0 atom stereocenters. The van der Waals surface area contributed by atoms with Crippen LogP contribution in [-0.2, 0) is 8.85 Å². The predicted octanol–water partition coefficient (Wildman–Crippen LogP) is 9.71. The van der Waals surface area contributed by atoms with Crippen LogP contribution in [0.5, 0.6) is 0 Å². The van der Waals surface area contributed by atoms with Crippen LogP contribution in [0.2, 0.25) is 38.3 Å². The Kier molecular flexibility index (Phi) is 20.2. The van der Waals surface area contributed by atoms with E-state index in [1.807, 2.05) is 0 Å². The molecule has 0 saturated carbocycles. The molecular weight excluding hydrogens is 400 g/mol. The van der Waals surface area contributed by atoms with Gasteiger partial charge in [-0.2, -0.15) is 0 Å². The monoisotopic (exact) mass is 458 g/mol. The van der Waals surface area contributed by atoms with Crippen LogP contribution in [0.1, 0.15) is 117 Å². The van der Waals surface area contributed by atoms with Crippen molar-refractivity contribution >= 4 is 16.6 Å². The molecule has 0 aromatic rings. The van der Waals surface area contributed by atoms with Gasteiger partial charge in [0.25, 0.3) is 0 Å². The van der Waals surface area contributed by atoms with Crippen molar-refractivity contribution in [3.8, 4) is 0 Å². The molecule has 0 spiro atoms. The van der Waals surface area contributed by atoms with Gasteiger partial charge in [-0.05, 0) is 52.1 Å². The van der Waals surface area contributed by atoms with Crippen molar-refractivity contribution in [2.24, 2.45) is 0 Å². The lowest BCUT2D eigenvalue weighted by Gasteiger charge is -2.21. The summed E-state index contributed by atoms with van der Waals surface area (Å²) >= 11 is 0. The van der Waals surface area contributed by atoms with E-state index in [2.05, 4.69) is 40.0 Å². The molecule has 0 aliphatic carbocycles. The second-order valence-corrected chi connectivity index (χ2v) is 19.2. The van der Waals surface area contributed by atoms with Crippen molar-refractivity contribution in [1.29, 1.82) is 0 Å². The lowest BCUT2D eigenvalue weighted by Crippen LogP contribution is -2.29. The molecule has 0 amide bonds. The summed E-state index contributed by atoms with van der Waals surface area (Å²) in [6.45, 7) is 15.5. The first-order valence-electron chi connectivity index (χ1n) is 13.6. The Labute approximate surface area is 193 Å². The summed E-state index contributed by atoms with van der Waals surface area (Å²) in [5.74, 6) is 0. The van der Waals surface area contributed by atoms with E-state index in [9.17, 15) is 0 Å². The summed E-state index contributed by atoms with van der Waals surface area (Å²) in [6.07, 6.45) is 23.0. The number of hydrogen-bond donors (Lipinski definition) is 0. The van der Waals surface area contributed by atoms with Crippen LogP contribution >= 0.6 is 0 Å². The van der Waals surface area contributed by atoms with Crippen LogP contribution in [0.25, 0.3) is 0 Å². The van der Waals surface area contributed by atoms with Crippen LogP contribution in [0.15, 0.2) is 0 Å².